The summed E-state index contributed by atoms with van der Waals surface area (Å²) in [7, 11) is -1.64. The molecule has 0 bridgehead atoms. The molecule has 1 aromatic heterocycles. The molecule has 2 rings (SSSR count). The van der Waals surface area contributed by atoms with Crippen molar-refractivity contribution in [3.05, 3.63) is 17.0 Å². The Morgan fingerprint density at radius 3 is 2.61 bits per heavy atom. The highest BCUT2D eigenvalue weighted by Gasteiger charge is 2.26. The van der Waals surface area contributed by atoms with Gasteiger partial charge in [-0.25, -0.2) is 8.42 Å². The maximum Gasteiger partial charge on any atom is 0.252 e. The van der Waals surface area contributed by atoms with Crippen LogP contribution in [-0.4, -0.2) is 26.3 Å². The molecule has 1 aliphatic rings. The summed E-state index contributed by atoms with van der Waals surface area (Å²) in [5, 5.41) is 0. The summed E-state index contributed by atoms with van der Waals surface area (Å²) >= 11 is 1.27. The largest absolute Gasteiger partial charge is 0.326 e. The van der Waals surface area contributed by atoms with Gasteiger partial charge < -0.3 is 5.73 Å². The number of nitrogens with two attached hydrogens (primary N) is 1. The SMILES string of the molecule is CN(CC1CCCC1)S(=O)(=O)c1ccc(CN)s1. The molecule has 1 aliphatic carbocycles. The maximum atomic E-state index is 12.3. The number of thiophene rings is 1. The van der Waals surface area contributed by atoms with Crippen molar-refractivity contribution in [2.24, 2.45) is 11.7 Å². The van der Waals surface area contributed by atoms with E-state index in [2.05, 4.69) is 0 Å². The fourth-order valence-electron chi connectivity index (χ4n) is 2.41. The molecule has 1 saturated carbocycles. The minimum atomic E-state index is -3.32. The number of hydrogen-bond acceptors (Lipinski definition) is 4. The van der Waals surface area contributed by atoms with Gasteiger partial charge in [0.15, 0.2) is 0 Å². The smallest absolute Gasteiger partial charge is 0.252 e. The van der Waals surface area contributed by atoms with E-state index in [1.54, 1.807) is 19.2 Å². The number of sulfonamides is 1. The first-order valence-corrected chi connectivity index (χ1v) is 8.55. The van der Waals surface area contributed by atoms with E-state index in [9.17, 15) is 8.42 Å². The Balaban J connectivity index is 2.09. The Morgan fingerprint density at radius 2 is 2.06 bits per heavy atom. The average molecular weight is 288 g/mol. The van der Waals surface area contributed by atoms with Crippen LogP contribution in [0.4, 0.5) is 0 Å². The Labute approximate surface area is 113 Å². The van der Waals surface area contributed by atoms with Gasteiger partial charge >= 0.3 is 0 Å². The lowest BCUT2D eigenvalue weighted by Crippen LogP contribution is -2.30. The second-order valence-corrected chi connectivity index (χ2v) is 8.30. The first-order valence-electron chi connectivity index (χ1n) is 6.29. The van der Waals surface area contributed by atoms with Crippen molar-refractivity contribution < 1.29 is 8.42 Å². The van der Waals surface area contributed by atoms with E-state index < -0.39 is 10.0 Å². The Morgan fingerprint density at radius 1 is 1.39 bits per heavy atom. The molecule has 6 heteroatoms. The Hall–Kier alpha value is -0.430. The van der Waals surface area contributed by atoms with Crippen molar-refractivity contribution in [1.82, 2.24) is 4.31 Å². The summed E-state index contributed by atoms with van der Waals surface area (Å²) in [6, 6.07) is 3.45. The van der Waals surface area contributed by atoms with E-state index in [1.165, 1.54) is 28.5 Å². The molecule has 0 unspecified atom stereocenters. The number of nitrogens with zero attached hydrogens (tertiary/aromatic N) is 1. The fourth-order valence-corrected chi connectivity index (χ4v) is 5.11. The zero-order valence-corrected chi connectivity index (χ0v) is 12.3. The third kappa shape index (κ3) is 2.93. The zero-order chi connectivity index (χ0) is 13.2. The van der Waals surface area contributed by atoms with Gasteiger partial charge in [0.25, 0.3) is 10.0 Å². The molecule has 1 fully saturated rings. The monoisotopic (exact) mass is 288 g/mol. The van der Waals surface area contributed by atoms with E-state index in [-0.39, 0.29) is 0 Å². The summed E-state index contributed by atoms with van der Waals surface area (Å²) in [6.45, 7) is 1.03. The van der Waals surface area contributed by atoms with Crippen LogP contribution >= 0.6 is 11.3 Å². The maximum absolute atomic E-state index is 12.3. The molecule has 0 saturated heterocycles. The van der Waals surface area contributed by atoms with Crippen LogP contribution in [0.15, 0.2) is 16.3 Å². The van der Waals surface area contributed by atoms with E-state index in [1.807, 2.05) is 0 Å². The lowest BCUT2D eigenvalue weighted by atomic mass is 10.1. The summed E-state index contributed by atoms with van der Waals surface area (Å²) in [6.07, 6.45) is 4.76. The highest BCUT2D eigenvalue weighted by atomic mass is 32.2. The van der Waals surface area contributed by atoms with Gasteiger partial charge in [-0.05, 0) is 30.9 Å². The van der Waals surface area contributed by atoms with Crippen LogP contribution < -0.4 is 5.73 Å². The standard InChI is InChI=1S/C12H20N2O2S2/c1-14(9-10-4-2-3-5-10)18(15,16)12-7-6-11(8-13)17-12/h6-7,10H,2-5,8-9,13H2,1H3. The minimum absolute atomic E-state index is 0.395. The molecule has 102 valence electrons. The van der Waals surface area contributed by atoms with Gasteiger partial charge in [-0.1, -0.05) is 12.8 Å². The molecule has 0 aromatic carbocycles. The van der Waals surface area contributed by atoms with Crippen LogP contribution in [0.1, 0.15) is 30.6 Å². The number of hydrogen-bond donors (Lipinski definition) is 1. The topological polar surface area (TPSA) is 63.4 Å². The van der Waals surface area contributed by atoms with Gasteiger partial charge in [0.05, 0.1) is 0 Å². The normalized spacial score (nSPS) is 17.7. The van der Waals surface area contributed by atoms with Crippen molar-refractivity contribution in [1.29, 1.82) is 0 Å². The van der Waals surface area contributed by atoms with Gasteiger partial charge in [0.2, 0.25) is 0 Å². The van der Waals surface area contributed by atoms with E-state index in [4.69, 9.17) is 5.73 Å². The second kappa shape index (κ2) is 5.69. The predicted octanol–water partition coefficient (Wildman–Crippen LogP) is 2.02. The molecule has 4 nitrogen and oxygen atoms in total. The van der Waals surface area contributed by atoms with Crippen molar-refractivity contribution in [3.63, 3.8) is 0 Å². The highest BCUT2D eigenvalue weighted by Crippen LogP contribution is 2.29. The van der Waals surface area contributed by atoms with E-state index in [0.29, 0.717) is 23.2 Å². The minimum Gasteiger partial charge on any atom is -0.326 e. The quantitative estimate of drug-likeness (QED) is 0.901. The lowest BCUT2D eigenvalue weighted by molar-refractivity contribution is 0.388. The summed E-state index contributed by atoms with van der Waals surface area (Å²) in [5.74, 6) is 0.527. The van der Waals surface area contributed by atoms with Crippen LogP contribution in [-0.2, 0) is 16.6 Å². The third-order valence-electron chi connectivity index (χ3n) is 3.49. The van der Waals surface area contributed by atoms with Gasteiger partial charge in [0.1, 0.15) is 4.21 Å². The van der Waals surface area contributed by atoms with E-state index in [0.717, 1.165) is 17.7 Å². The molecule has 18 heavy (non-hydrogen) atoms. The predicted molar refractivity (Wildman–Crippen MR) is 74.0 cm³/mol. The molecule has 0 radical (unpaired) electrons. The number of rotatable bonds is 5. The Kier molecular flexibility index (Phi) is 4.42. The third-order valence-corrected chi connectivity index (χ3v) is 6.89. The lowest BCUT2D eigenvalue weighted by Gasteiger charge is -2.19. The summed E-state index contributed by atoms with van der Waals surface area (Å²) < 4.78 is 26.6. The highest BCUT2D eigenvalue weighted by molar-refractivity contribution is 7.91. The second-order valence-electron chi connectivity index (χ2n) is 4.86. The summed E-state index contributed by atoms with van der Waals surface area (Å²) in [5.41, 5.74) is 5.52. The van der Waals surface area contributed by atoms with Crippen molar-refractivity contribution in [2.75, 3.05) is 13.6 Å². The van der Waals surface area contributed by atoms with Gasteiger partial charge in [-0.3, -0.25) is 0 Å². The molecule has 1 aromatic rings. The zero-order valence-electron chi connectivity index (χ0n) is 10.6. The van der Waals surface area contributed by atoms with Gasteiger partial charge in [0, 0.05) is 25.0 Å². The molecular formula is C12H20N2O2S2. The average Bonchev–Trinajstić information content (AvgIpc) is 2.99. The molecular weight excluding hydrogens is 268 g/mol. The molecule has 1 heterocycles. The van der Waals surface area contributed by atoms with Crippen molar-refractivity contribution in [2.45, 2.75) is 36.4 Å². The van der Waals surface area contributed by atoms with Gasteiger partial charge in [-0.15, -0.1) is 11.3 Å². The molecule has 2 N–H and O–H groups in total. The first-order chi connectivity index (χ1) is 8.54. The fraction of sp³-hybridized carbons (Fsp3) is 0.667. The van der Waals surface area contributed by atoms with Crippen LogP contribution in [0.5, 0.6) is 0 Å². The van der Waals surface area contributed by atoms with Crippen LogP contribution in [0.2, 0.25) is 0 Å². The molecule has 0 atom stereocenters. The van der Waals surface area contributed by atoms with Gasteiger partial charge in [-0.2, -0.15) is 4.31 Å². The van der Waals surface area contributed by atoms with E-state index >= 15 is 0 Å². The molecule has 0 amide bonds. The first kappa shape index (κ1) is 14.0. The molecule has 0 aliphatic heterocycles. The van der Waals surface area contributed by atoms with Crippen molar-refractivity contribution in [3.8, 4) is 0 Å². The van der Waals surface area contributed by atoms with Crippen LogP contribution in [0, 0.1) is 5.92 Å². The Bertz CT molecular complexity index is 490. The summed E-state index contributed by atoms with van der Waals surface area (Å²) in [4.78, 5) is 0.905. The van der Waals surface area contributed by atoms with Crippen LogP contribution in [0.25, 0.3) is 0 Å². The molecule has 0 spiro atoms. The van der Waals surface area contributed by atoms with Crippen LogP contribution in [0.3, 0.4) is 0 Å². The van der Waals surface area contributed by atoms with Crippen molar-refractivity contribution >= 4 is 21.4 Å².